The average molecular weight is 465 g/mol. The molecule has 1 atom stereocenters. The van der Waals surface area contributed by atoms with Crippen molar-refractivity contribution in [2.24, 2.45) is 0 Å². The van der Waals surface area contributed by atoms with Crippen molar-refractivity contribution in [2.45, 2.75) is 44.7 Å². The molecule has 0 aliphatic heterocycles. The normalized spacial score (nSPS) is 15.7. The highest BCUT2D eigenvalue weighted by Crippen LogP contribution is 2.33. The monoisotopic (exact) mass is 464 g/mol. The first-order valence-corrected chi connectivity index (χ1v) is 12.2. The molecule has 1 aromatic carbocycles. The van der Waals surface area contributed by atoms with Gasteiger partial charge in [0, 0.05) is 34.9 Å². The molecule has 5 nitrogen and oxygen atoms in total. The minimum atomic E-state index is 0.0718. The highest BCUT2D eigenvalue weighted by Gasteiger charge is 2.25. The van der Waals surface area contributed by atoms with Gasteiger partial charge in [0.05, 0.1) is 11.7 Å². The summed E-state index contributed by atoms with van der Waals surface area (Å²) in [7, 11) is 0. The van der Waals surface area contributed by atoms with E-state index in [1.807, 2.05) is 36.5 Å². The molecule has 1 aliphatic carbocycles. The van der Waals surface area contributed by atoms with Crippen LogP contribution in [0.2, 0.25) is 5.02 Å². The number of rotatable bonds is 7. The van der Waals surface area contributed by atoms with Crippen LogP contribution in [0.3, 0.4) is 0 Å². The number of fused-ring (bicyclic) bond motifs is 3. The molecule has 32 heavy (non-hydrogen) atoms. The minimum Gasteiger partial charge on any atom is -0.313 e. The number of aromatic nitrogens is 3. The van der Waals surface area contributed by atoms with Crippen LogP contribution in [-0.2, 0) is 32.2 Å². The number of halogens is 1. The number of hydrogen-bond acceptors (Lipinski definition) is 5. The van der Waals surface area contributed by atoms with Crippen LogP contribution < -0.4 is 10.9 Å². The van der Waals surface area contributed by atoms with E-state index >= 15 is 0 Å². The molecule has 0 spiro atoms. The van der Waals surface area contributed by atoms with Crippen molar-refractivity contribution in [1.29, 1.82) is 0 Å². The van der Waals surface area contributed by atoms with E-state index in [0.717, 1.165) is 53.0 Å². The molecule has 4 aromatic rings. The first-order valence-electron chi connectivity index (χ1n) is 11.0. The molecule has 3 heterocycles. The van der Waals surface area contributed by atoms with Gasteiger partial charge < -0.3 is 5.32 Å². The smallest absolute Gasteiger partial charge is 0.262 e. The molecule has 0 saturated carbocycles. The minimum absolute atomic E-state index is 0.0718. The third kappa shape index (κ3) is 4.49. The third-order valence-corrected chi connectivity index (χ3v) is 7.72. The van der Waals surface area contributed by atoms with Crippen LogP contribution in [0, 0.1) is 0 Å². The van der Waals surface area contributed by atoms with Gasteiger partial charge in [-0.15, -0.1) is 11.3 Å². The Hall–Kier alpha value is -2.54. The lowest BCUT2D eigenvalue weighted by molar-refractivity contribution is 0.466. The maximum atomic E-state index is 13.3. The summed E-state index contributed by atoms with van der Waals surface area (Å²) in [4.78, 5) is 24.2. The molecule has 1 N–H and O–H groups in total. The third-order valence-electron chi connectivity index (χ3n) is 6.19. The van der Waals surface area contributed by atoms with Gasteiger partial charge in [0.1, 0.15) is 4.83 Å². The first kappa shape index (κ1) is 21.3. The highest BCUT2D eigenvalue weighted by molar-refractivity contribution is 7.18. The largest absolute Gasteiger partial charge is 0.313 e. The summed E-state index contributed by atoms with van der Waals surface area (Å²) in [6.07, 6.45) is 10.0. The van der Waals surface area contributed by atoms with Crippen LogP contribution >= 0.6 is 22.9 Å². The zero-order valence-electron chi connectivity index (χ0n) is 17.8. The van der Waals surface area contributed by atoms with Gasteiger partial charge in [-0.1, -0.05) is 35.9 Å². The molecule has 0 saturated heterocycles. The van der Waals surface area contributed by atoms with Crippen LogP contribution in [0.15, 0.2) is 59.9 Å². The van der Waals surface area contributed by atoms with Crippen molar-refractivity contribution >= 4 is 33.2 Å². The maximum absolute atomic E-state index is 13.3. The standard InChI is InChI=1S/C25H25ClN4OS/c26-21-6-2-1-5-18(21)10-13-30-16-29-24-23(25(30)31)20-8-7-19(14-22(20)32-24)28-12-9-17-4-3-11-27-15-17/h1-6,11,15-16,19,28H,7-10,12-14H2/t19-/m0/s1. The summed E-state index contributed by atoms with van der Waals surface area (Å²) >= 11 is 7.95. The fourth-order valence-electron chi connectivity index (χ4n) is 4.44. The summed E-state index contributed by atoms with van der Waals surface area (Å²) in [5, 5.41) is 5.25. The van der Waals surface area contributed by atoms with Gasteiger partial charge in [0.2, 0.25) is 0 Å². The Labute approximate surface area is 196 Å². The Morgan fingerprint density at radius 2 is 2.09 bits per heavy atom. The van der Waals surface area contributed by atoms with E-state index in [1.165, 1.54) is 16.0 Å². The number of nitrogens with one attached hydrogen (secondary N) is 1. The van der Waals surface area contributed by atoms with Crippen molar-refractivity contribution in [3.63, 3.8) is 0 Å². The predicted molar refractivity (Wildman–Crippen MR) is 131 cm³/mol. The lowest BCUT2D eigenvalue weighted by Gasteiger charge is -2.23. The number of thiophene rings is 1. The first-order chi connectivity index (χ1) is 15.7. The SMILES string of the molecule is O=c1c2c3c(sc2ncn1CCc1ccccc1Cl)C[C@@H](NCCc1cccnc1)CC3. The molecule has 1 aliphatic rings. The van der Waals surface area contributed by atoms with Crippen LogP contribution in [-0.4, -0.2) is 27.1 Å². The Balaban J connectivity index is 1.28. The molecular weight excluding hydrogens is 440 g/mol. The molecule has 0 radical (unpaired) electrons. The van der Waals surface area contributed by atoms with Crippen molar-refractivity contribution in [2.75, 3.05) is 6.54 Å². The number of nitrogens with zero attached hydrogens (tertiary/aromatic N) is 3. The van der Waals surface area contributed by atoms with Crippen molar-refractivity contribution < 1.29 is 0 Å². The Morgan fingerprint density at radius 1 is 1.19 bits per heavy atom. The topological polar surface area (TPSA) is 59.8 Å². The summed E-state index contributed by atoms with van der Waals surface area (Å²) < 4.78 is 1.73. The number of benzene rings is 1. The van der Waals surface area contributed by atoms with Crippen LogP contribution in [0.4, 0.5) is 0 Å². The van der Waals surface area contributed by atoms with Gasteiger partial charge in [-0.2, -0.15) is 0 Å². The maximum Gasteiger partial charge on any atom is 0.262 e. The number of aryl methyl sites for hydroxylation is 3. The van der Waals surface area contributed by atoms with E-state index in [-0.39, 0.29) is 5.56 Å². The average Bonchev–Trinajstić information content (AvgIpc) is 3.19. The lowest BCUT2D eigenvalue weighted by atomic mass is 9.93. The van der Waals surface area contributed by atoms with E-state index in [9.17, 15) is 4.79 Å². The quantitative estimate of drug-likeness (QED) is 0.439. The lowest BCUT2D eigenvalue weighted by Crippen LogP contribution is -2.35. The number of pyridine rings is 1. The molecular formula is C25H25ClN4OS. The van der Waals surface area contributed by atoms with Crippen molar-refractivity contribution in [1.82, 2.24) is 19.9 Å². The van der Waals surface area contributed by atoms with E-state index in [4.69, 9.17) is 11.6 Å². The molecule has 3 aromatic heterocycles. The second kappa shape index (κ2) is 9.53. The van der Waals surface area contributed by atoms with Crippen molar-refractivity contribution in [3.05, 3.63) is 92.1 Å². The van der Waals surface area contributed by atoms with E-state index in [2.05, 4.69) is 21.4 Å². The van der Waals surface area contributed by atoms with E-state index < -0.39 is 0 Å². The van der Waals surface area contributed by atoms with E-state index in [0.29, 0.717) is 19.0 Å². The summed E-state index contributed by atoms with van der Waals surface area (Å²) in [6.45, 7) is 1.51. The van der Waals surface area contributed by atoms with E-state index in [1.54, 1.807) is 28.4 Å². The summed E-state index contributed by atoms with van der Waals surface area (Å²) in [6, 6.07) is 12.3. The zero-order chi connectivity index (χ0) is 21.9. The Bertz CT molecular complexity index is 1280. The summed E-state index contributed by atoms with van der Waals surface area (Å²) in [5.41, 5.74) is 3.58. The fourth-order valence-corrected chi connectivity index (χ4v) is 5.93. The molecule has 0 amide bonds. The van der Waals surface area contributed by atoms with Crippen molar-refractivity contribution in [3.8, 4) is 0 Å². The predicted octanol–water partition coefficient (Wildman–Crippen LogP) is 4.44. The van der Waals surface area contributed by atoms with Gasteiger partial charge in [0.15, 0.2) is 0 Å². The van der Waals surface area contributed by atoms with Gasteiger partial charge in [-0.25, -0.2) is 4.98 Å². The zero-order valence-corrected chi connectivity index (χ0v) is 19.3. The highest BCUT2D eigenvalue weighted by atomic mass is 35.5. The Kier molecular flexibility index (Phi) is 6.35. The van der Waals surface area contributed by atoms with Crippen LogP contribution in [0.1, 0.15) is 28.0 Å². The number of hydrogen-bond donors (Lipinski definition) is 1. The van der Waals surface area contributed by atoms with Crippen LogP contribution in [0.25, 0.3) is 10.2 Å². The van der Waals surface area contributed by atoms with Crippen LogP contribution in [0.5, 0.6) is 0 Å². The van der Waals surface area contributed by atoms with Gasteiger partial charge in [-0.05, 0) is 67.5 Å². The van der Waals surface area contributed by atoms with Gasteiger partial charge in [-0.3, -0.25) is 14.3 Å². The molecule has 7 heteroatoms. The molecule has 0 fully saturated rings. The van der Waals surface area contributed by atoms with Gasteiger partial charge in [0.25, 0.3) is 5.56 Å². The molecule has 5 rings (SSSR count). The second-order valence-electron chi connectivity index (χ2n) is 8.27. The molecule has 0 bridgehead atoms. The summed E-state index contributed by atoms with van der Waals surface area (Å²) in [5.74, 6) is 0. The second-order valence-corrected chi connectivity index (χ2v) is 9.76. The molecule has 164 valence electrons. The van der Waals surface area contributed by atoms with Gasteiger partial charge >= 0.3 is 0 Å². The molecule has 0 unspecified atom stereocenters. The fraction of sp³-hybridized carbons (Fsp3) is 0.320. The Morgan fingerprint density at radius 3 is 2.94 bits per heavy atom.